The molecule has 7 nitrogen and oxygen atoms in total. The molecular formula is C17H31N5O2. The van der Waals surface area contributed by atoms with Crippen molar-refractivity contribution in [3.05, 3.63) is 12.3 Å². The molecule has 0 aromatic carbocycles. The number of amides is 2. The van der Waals surface area contributed by atoms with Crippen LogP contribution in [0.4, 0.5) is 10.6 Å². The Hall–Kier alpha value is -1.60. The monoisotopic (exact) mass is 337 g/mol. The van der Waals surface area contributed by atoms with Crippen molar-refractivity contribution >= 4 is 11.8 Å². The fourth-order valence-electron chi connectivity index (χ4n) is 3.28. The highest BCUT2D eigenvalue weighted by molar-refractivity contribution is 5.88. The van der Waals surface area contributed by atoms with Gasteiger partial charge < -0.3 is 15.3 Å². The molecule has 1 heterocycles. The predicted molar refractivity (Wildman–Crippen MR) is 95.0 cm³/mol. The van der Waals surface area contributed by atoms with Gasteiger partial charge in [-0.3, -0.25) is 10.00 Å². The third-order valence-corrected chi connectivity index (χ3v) is 4.63. The van der Waals surface area contributed by atoms with Crippen LogP contribution in [0.1, 0.15) is 38.5 Å². The second kappa shape index (κ2) is 9.64. The molecule has 24 heavy (non-hydrogen) atoms. The van der Waals surface area contributed by atoms with E-state index >= 15 is 0 Å². The summed E-state index contributed by atoms with van der Waals surface area (Å²) in [5.74, 6) is 1.02. The van der Waals surface area contributed by atoms with Gasteiger partial charge in [0, 0.05) is 31.5 Å². The van der Waals surface area contributed by atoms with Crippen LogP contribution in [0.5, 0.6) is 0 Å². The number of nitrogens with zero attached hydrogens (tertiary/aromatic N) is 3. The van der Waals surface area contributed by atoms with Crippen molar-refractivity contribution in [2.75, 3.05) is 32.6 Å². The van der Waals surface area contributed by atoms with Crippen molar-refractivity contribution in [3.63, 3.8) is 0 Å². The average molecular weight is 337 g/mol. The van der Waals surface area contributed by atoms with Crippen LogP contribution < -0.4 is 10.6 Å². The number of aromatic nitrogens is 2. The number of aliphatic hydroxyl groups is 1. The predicted octanol–water partition coefficient (Wildman–Crippen LogP) is 1.90. The smallest absolute Gasteiger partial charge is 0.320 e. The van der Waals surface area contributed by atoms with Gasteiger partial charge in [-0.15, -0.1) is 0 Å². The number of rotatable bonds is 8. The highest BCUT2D eigenvalue weighted by atomic mass is 16.3. The molecule has 136 valence electrons. The number of urea groups is 1. The molecular weight excluding hydrogens is 306 g/mol. The zero-order chi connectivity index (χ0) is 17.4. The Morgan fingerprint density at radius 2 is 2.17 bits per heavy atom. The molecule has 0 spiro atoms. The van der Waals surface area contributed by atoms with E-state index in [-0.39, 0.29) is 18.7 Å². The van der Waals surface area contributed by atoms with E-state index in [1.54, 1.807) is 6.07 Å². The lowest BCUT2D eigenvalue weighted by atomic mass is 9.83. The second-order valence-corrected chi connectivity index (χ2v) is 6.88. The Kier molecular flexibility index (Phi) is 7.52. The molecule has 0 aliphatic heterocycles. The number of hydrogen-bond acceptors (Lipinski definition) is 4. The van der Waals surface area contributed by atoms with Crippen LogP contribution in [-0.2, 0) is 6.54 Å². The van der Waals surface area contributed by atoms with Crippen LogP contribution in [0.2, 0.25) is 0 Å². The van der Waals surface area contributed by atoms with Gasteiger partial charge in [0.15, 0.2) is 5.82 Å². The van der Waals surface area contributed by atoms with E-state index in [1.807, 2.05) is 25.0 Å². The zero-order valence-corrected chi connectivity index (χ0v) is 14.9. The summed E-state index contributed by atoms with van der Waals surface area (Å²) in [7, 11) is 4.03. The molecule has 1 saturated carbocycles. The first kappa shape index (κ1) is 18.7. The van der Waals surface area contributed by atoms with E-state index in [0.717, 1.165) is 25.9 Å². The van der Waals surface area contributed by atoms with Crippen LogP contribution in [0.25, 0.3) is 0 Å². The maximum Gasteiger partial charge on any atom is 0.320 e. The zero-order valence-electron chi connectivity index (χ0n) is 14.9. The van der Waals surface area contributed by atoms with Crippen LogP contribution in [0.3, 0.4) is 0 Å². The van der Waals surface area contributed by atoms with Crippen molar-refractivity contribution in [3.8, 4) is 0 Å². The molecule has 0 radical (unpaired) electrons. The number of anilines is 1. The number of hydrogen-bond donors (Lipinski definition) is 3. The second-order valence-electron chi connectivity index (χ2n) is 6.88. The highest BCUT2D eigenvalue weighted by Gasteiger charge is 2.24. The Bertz CT molecular complexity index is 497. The third kappa shape index (κ3) is 6.13. The minimum Gasteiger partial charge on any atom is -0.396 e. The summed E-state index contributed by atoms with van der Waals surface area (Å²) < 4.78 is 1.82. The highest BCUT2D eigenvalue weighted by Crippen LogP contribution is 2.27. The van der Waals surface area contributed by atoms with Crippen LogP contribution in [0, 0.1) is 5.92 Å². The lowest BCUT2D eigenvalue weighted by Crippen LogP contribution is -2.43. The van der Waals surface area contributed by atoms with Gasteiger partial charge in [-0.25, -0.2) is 4.79 Å². The van der Waals surface area contributed by atoms with E-state index in [4.69, 9.17) is 0 Å². The number of nitrogens with one attached hydrogen (secondary N) is 2. The molecule has 1 aromatic rings. The first-order chi connectivity index (χ1) is 11.6. The average Bonchev–Trinajstić information content (AvgIpc) is 3.00. The molecule has 1 atom stereocenters. The number of carbonyl (C=O) groups excluding carboxylic acids is 1. The Morgan fingerprint density at radius 1 is 1.42 bits per heavy atom. The molecule has 1 unspecified atom stereocenters. The van der Waals surface area contributed by atoms with Gasteiger partial charge in [0.05, 0.1) is 6.54 Å². The fourth-order valence-corrected chi connectivity index (χ4v) is 3.28. The largest absolute Gasteiger partial charge is 0.396 e. The first-order valence-electron chi connectivity index (χ1n) is 8.95. The topological polar surface area (TPSA) is 82.4 Å². The summed E-state index contributed by atoms with van der Waals surface area (Å²) in [4.78, 5) is 14.3. The number of aliphatic hydroxyl groups excluding tert-OH is 1. The summed E-state index contributed by atoms with van der Waals surface area (Å²) in [6.45, 7) is 1.78. The van der Waals surface area contributed by atoms with Crippen molar-refractivity contribution in [1.82, 2.24) is 20.0 Å². The van der Waals surface area contributed by atoms with E-state index in [1.165, 1.54) is 19.3 Å². The first-order valence-corrected chi connectivity index (χ1v) is 8.95. The molecule has 1 fully saturated rings. The van der Waals surface area contributed by atoms with Gasteiger partial charge in [-0.2, -0.15) is 5.10 Å². The van der Waals surface area contributed by atoms with Crippen LogP contribution in [-0.4, -0.2) is 59.1 Å². The van der Waals surface area contributed by atoms with Gasteiger partial charge in [0.1, 0.15) is 0 Å². The number of carbonyl (C=O) groups is 1. The van der Waals surface area contributed by atoms with Gasteiger partial charge in [-0.05, 0) is 39.3 Å². The van der Waals surface area contributed by atoms with E-state index < -0.39 is 0 Å². The normalized spacial score (nSPS) is 17.0. The summed E-state index contributed by atoms with van der Waals surface area (Å²) >= 11 is 0. The van der Waals surface area contributed by atoms with Crippen LogP contribution >= 0.6 is 0 Å². The summed E-state index contributed by atoms with van der Waals surface area (Å²) in [5, 5.41) is 19.5. The molecule has 1 aromatic heterocycles. The maximum atomic E-state index is 12.3. The number of likely N-dealkylation sites (N-methyl/N-ethyl adjacent to an activating group) is 1. The quantitative estimate of drug-likeness (QED) is 0.677. The van der Waals surface area contributed by atoms with Crippen molar-refractivity contribution in [1.29, 1.82) is 0 Å². The van der Waals surface area contributed by atoms with Crippen molar-refractivity contribution < 1.29 is 9.90 Å². The molecule has 3 N–H and O–H groups in total. The van der Waals surface area contributed by atoms with Gasteiger partial charge in [-0.1, -0.05) is 19.3 Å². The van der Waals surface area contributed by atoms with Crippen molar-refractivity contribution in [2.24, 2.45) is 5.92 Å². The molecule has 1 aliphatic carbocycles. The van der Waals surface area contributed by atoms with Gasteiger partial charge >= 0.3 is 6.03 Å². The van der Waals surface area contributed by atoms with Gasteiger partial charge in [0.25, 0.3) is 0 Å². The summed E-state index contributed by atoms with van der Waals surface area (Å²) in [5.41, 5.74) is 0. The Balaban J connectivity index is 1.83. The molecule has 2 amide bonds. The molecule has 1 aliphatic rings. The molecule has 0 saturated heterocycles. The third-order valence-electron chi connectivity index (χ3n) is 4.63. The lowest BCUT2D eigenvalue weighted by molar-refractivity contribution is 0.202. The van der Waals surface area contributed by atoms with Crippen molar-refractivity contribution in [2.45, 2.75) is 51.1 Å². The minimum atomic E-state index is -0.239. The summed E-state index contributed by atoms with van der Waals surface area (Å²) in [6.07, 6.45) is 8.44. The fraction of sp³-hybridized carbons (Fsp3) is 0.765. The Morgan fingerprint density at radius 3 is 2.83 bits per heavy atom. The summed E-state index contributed by atoms with van der Waals surface area (Å²) in [6, 6.07) is 1.60. The van der Waals surface area contributed by atoms with Crippen LogP contribution in [0.15, 0.2) is 12.3 Å². The Labute approximate surface area is 144 Å². The molecule has 0 bridgehead atoms. The van der Waals surface area contributed by atoms with E-state index in [0.29, 0.717) is 18.2 Å². The van der Waals surface area contributed by atoms with Gasteiger partial charge in [0.2, 0.25) is 0 Å². The maximum absolute atomic E-state index is 12.3. The van der Waals surface area contributed by atoms with E-state index in [9.17, 15) is 9.90 Å². The standard InChI is InChI=1S/C17H31N5O2/c1-21(2)11-12-22-10-8-16(20-22)19-17(24)18-15(9-13-23)14-6-4-3-5-7-14/h8,10,14-15,23H,3-7,9,11-13H2,1-2H3,(H2,18,19,20,24). The lowest BCUT2D eigenvalue weighted by Gasteiger charge is -2.30. The SMILES string of the molecule is CN(C)CCn1ccc(NC(=O)NC(CCO)C2CCCCC2)n1. The molecule has 2 rings (SSSR count). The molecule has 7 heteroatoms. The van der Waals surface area contributed by atoms with E-state index in [2.05, 4.69) is 20.6 Å². The minimum absolute atomic E-state index is 0.0335.